The van der Waals surface area contributed by atoms with Crippen LogP contribution in [0.2, 0.25) is 0 Å². The molecule has 3 amide bonds. The molecular weight excluding hydrogens is 426 g/mol. The summed E-state index contributed by atoms with van der Waals surface area (Å²) >= 11 is 0. The molecule has 0 radical (unpaired) electrons. The Kier molecular flexibility index (Phi) is 10.2. The van der Waals surface area contributed by atoms with Crippen LogP contribution in [-0.4, -0.2) is 59.7 Å². The second-order valence-electron chi connectivity index (χ2n) is 13.4. The zero-order chi connectivity index (χ0) is 26.5. The van der Waals surface area contributed by atoms with E-state index in [0.29, 0.717) is 25.7 Å². The van der Waals surface area contributed by atoms with Crippen molar-refractivity contribution in [2.75, 3.05) is 20.6 Å². The molecule has 1 saturated heterocycles. The van der Waals surface area contributed by atoms with E-state index in [1.54, 1.807) is 19.0 Å². The first kappa shape index (κ1) is 30.4. The minimum Gasteiger partial charge on any atom is -0.351 e. The topological polar surface area (TPSA) is 69.7 Å². The van der Waals surface area contributed by atoms with Gasteiger partial charge in [-0.15, -0.1) is 0 Å². The van der Waals surface area contributed by atoms with E-state index >= 15 is 0 Å². The molecule has 3 atom stereocenters. The van der Waals surface area contributed by atoms with E-state index in [1.165, 1.54) is 0 Å². The highest BCUT2D eigenvalue weighted by molar-refractivity contribution is 5.86. The molecule has 0 aromatic carbocycles. The molecule has 0 bridgehead atoms. The fourth-order valence-electron chi connectivity index (χ4n) is 6.06. The van der Waals surface area contributed by atoms with E-state index in [2.05, 4.69) is 46.9 Å². The van der Waals surface area contributed by atoms with E-state index in [-0.39, 0.29) is 34.7 Å². The molecule has 1 rings (SSSR count). The van der Waals surface area contributed by atoms with Crippen molar-refractivity contribution < 1.29 is 14.4 Å². The molecule has 198 valence electrons. The molecule has 1 aliphatic rings. The van der Waals surface area contributed by atoms with Crippen molar-refractivity contribution in [3.63, 3.8) is 0 Å². The van der Waals surface area contributed by atoms with Gasteiger partial charge in [-0.05, 0) is 64.7 Å². The molecule has 3 unspecified atom stereocenters. The van der Waals surface area contributed by atoms with Crippen LogP contribution in [0, 0.1) is 16.2 Å². The lowest BCUT2D eigenvalue weighted by Gasteiger charge is -2.43. The SMILES string of the molecule is CCC(C)(CC(C)(CC(C)N1CCCCCC1=O)C(=O)N(C)C)C(=O)NC(C)(C)CC(C)(C)C. The van der Waals surface area contributed by atoms with Gasteiger partial charge in [0.1, 0.15) is 0 Å². The summed E-state index contributed by atoms with van der Waals surface area (Å²) in [4.78, 5) is 43.5. The lowest BCUT2D eigenvalue weighted by atomic mass is 9.67. The van der Waals surface area contributed by atoms with Gasteiger partial charge in [-0.3, -0.25) is 14.4 Å². The molecule has 0 saturated carbocycles. The van der Waals surface area contributed by atoms with E-state index < -0.39 is 10.8 Å². The Morgan fingerprint density at radius 2 is 1.56 bits per heavy atom. The monoisotopic (exact) mass is 479 g/mol. The van der Waals surface area contributed by atoms with Crippen LogP contribution in [0.3, 0.4) is 0 Å². The van der Waals surface area contributed by atoms with Crippen molar-refractivity contribution in [2.45, 2.75) is 125 Å². The van der Waals surface area contributed by atoms with Gasteiger partial charge in [-0.2, -0.15) is 0 Å². The first-order chi connectivity index (χ1) is 15.4. The van der Waals surface area contributed by atoms with Gasteiger partial charge in [-0.25, -0.2) is 0 Å². The Hall–Kier alpha value is -1.59. The zero-order valence-electron chi connectivity index (χ0n) is 24.1. The minimum atomic E-state index is -0.758. The Bertz CT molecular complexity index is 725. The number of rotatable bonds is 10. The molecular formula is C28H53N3O3. The molecule has 6 nitrogen and oxygen atoms in total. The number of carbonyl (C=O) groups is 3. The molecule has 0 aromatic rings. The van der Waals surface area contributed by atoms with Crippen LogP contribution in [0.1, 0.15) is 114 Å². The van der Waals surface area contributed by atoms with E-state index in [9.17, 15) is 14.4 Å². The van der Waals surface area contributed by atoms with Gasteiger partial charge < -0.3 is 15.1 Å². The van der Waals surface area contributed by atoms with Crippen molar-refractivity contribution in [2.24, 2.45) is 16.2 Å². The van der Waals surface area contributed by atoms with E-state index in [0.717, 1.165) is 32.2 Å². The number of hydrogen-bond donors (Lipinski definition) is 1. The Morgan fingerprint density at radius 1 is 0.971 bits per heavy atom. The van der Waals surface area contributed by atoms with Crippen LogP contribution in [-0.2, 0) is 14.4 Å². The molecule has 1 heterocycles. The van der Waals surface area contributed by atoms with Gasteiger partial charge in [-0.1, -0.05) is 48.0 Å². The Morgan fingerprint density at radius 3 is 2.06 bits per heavy atom. The number of hydrogen-bond acceptors (Lipinski definition) is 3. The maximum atomic E-state index is 13.7. The summed E-state index contributed by atoms with van der Waals surface area (Å²) < 4.78 is 0. The second kappa shape index (κ2) is 11.4. The normalized spacial score (nSPS) is 20.1. The first-order valence-corrected chi connectivity index (χ1v) is 13.2. The number of nitrogens with zero attached hydrogens (tertiary/aromatic N) is 2. The Labute approximate surface area is 209 Å². The van der Waals surface area contributed by atoms with Crippen LogP contribution >= 0.6 is 0 Å². The third-order valence-electron chi connectivity index (χ3n) is 7.34. The standard InChI is InChI=1S/C28H53N3O3/c1-12-27(8,23(33)29-26(6,7)19-25(3,4)5)20-28(9,24(34)30(10)11)18-21(2)31-17-15-13-14-16-22(31)32/h21H,12-20H2,1-11H3,(H,29,33). The third kappa shape index (κ3) is 8.57. The smallest absolute Gasteiger partial charge is 0.228 e. The molecule has 1 fully saturated rings. The maximum Gasteiger partial charge on any atom is 0.228 e. The zero-order valence-corrected chi connectivity index (χ0v) is 24.1. The largest absolute Gasteiger partial charge is 0.351 e. The third-order valence-corrected chi connectivity index (χ3v) is 7.34. The fourth-order valence-corrected chi connectivity index (χ4v) is 6.06. The van der Waals surface area contributed by atoms with Crippen LogP contribution in [0.15, 0.2) is 0 Å². The predicted molar refractivity (Wildman–Crippen MR) is 140 cm³/mol. The molecule has 1 aliphatic heterocycles. The average Bonchev–Trinajstić information content (AvgIpc) is 2.88. The minimum absolute atomic E-state index is 0.000494. The first-order valence-electron chi connectivity index (χ1n) is 13.2. The van der Waals surface area contributed by atoms with E-state index in [1.807, 2.05) is 25.7 Å². The molecule has 0 spiro atoms. The summed E-state index contributed by atoms with van der Waals surface area (Å²) in [5.74, 6) is 0.202. The van der Waals surface area contributed by atoms with Gasteiger partial charge in [0.25, 0.3) is 0 Å². The lowest BCUT2D eigenvalue weighted by Crippen LogP contribution is -2.54. The molecule has 1 N–H and O–H groups in total. The number of amides is 3. The van der Waals surface area contributed by atoms with Gasteiger partial charge in [0.2, 0.25) is 17.7 Å². The highest BCUT2D eigenvalue weighted by atomic mass is 16.2. The molecule has 0 aromatic heterocycles. The molecule has 0 aliphatic carbocycles. The molecule has 34 heavy (non-hydrogen) atoms. The number of carbonyl (C=O) groups excluding carboxylic acids is 3. The Balaban J connectivity index is 3.20. The van der Waals surface area contributed by atoms with Crippen molar-refractivity contribution in [1.29, 1.82) is 0 Å². The average molecular weight is 480 g/mol. The van der Waals surface area contributed by atoms with Gasteiger partial charge in [0.15, 0.2) is 0 Å². The summed E-state index contributed by atoms with van der Waals surface area (Å²) in [6.45, 7) is 19.5. The highest BCUT2D eigenvalue weighted by Crippen LogP contribution is 2.42. The van der Waals surface area contributed by atoms with Crippen molar-refractivity contribution >= 4 is 17.7 Å². The van der Waals surface area contributed by atoms with Crippen molar-refractivity contribution in [1.82, 2.24) is 15.1 Å². The van der Waals surface area contributed by atoms with Crippen molar-refractivity contribution in [3.05, 3.63) is 0 Å². The predicted octanol–water partition coefficient (Wildman–Crippen LogP) is 5.40. The van der Waals surface area contributed by atoms with Crippen LogP contribution < -0.4 is 5.32 Å². The summed E-state index contributed by atoms with van der Waals surface area (Å²) in [5, 5.41) is 3.30. The quantitative estimate of drug-likeness (QED) is 0.456. The van der Waals surface area contributed by atoms with Crippen LogP contribution in [0.5, 0.6) is 0 Å². The van der Waals surface area contributed by atoms with Crippen molar-refractivity contribution in [3.8, 4) is 0 Å². The van der Waals surface area contributed by atoms with Crippen LogP contribution in [0.4, 0.5) is 0 Å². The number of nitrogens with one attached hydrogen (secondary N) is 1. The summed E-state index contributed by atoms with van der Waals surface area (Å²) in [6.07, 6.45) is 6.08. The maximum absolute atomic E-state index is 13.7. The summed E-state index contributed by atoms with van der Waals surface area (Å²) in [6, 6.07) is -0.0546. The highest BCUT2D eigenvalue weighted by Gasteiger charge is 2.46. The summed E-state index contributed by atoms with van der Waals surface area (Å²) in [7, 11) is 3.55. The number of likely N-dealkylation sites (tertiary alicyclic amines) is 1. The van der Waals surface area contributed by atoms with Gasteiger partial charge >= 0.3 is 0 Å². The van der Waals surface area contributed by atoms with Crippen LogP contribution in [0.25, 0.3) is 0 Å². The second-order valence-corrected chi connectivity index (χ2v) is 13.4. The summed E-state index contributed by atoms with van der Waals surface area (Å²) in [5.41, 5.74) is -1.72. The van der Waals surface area contributed by atoms with E-state index in [4.69, 9.17) is 0 Å². The fraction of sp³-hybridized carbons (Fsp3) is 0.893. The lowest BCUT2D eigenvalue weighted by molar-refractivity contribution is -0.147. The van der Waals surface area contributed by atoms with Gasteiger partial charge in [0.05, 0.1) is 0 Å². The van der Waals surface area contributed by atoms with Gasteiger partial charge in [0, 0.05) is 49.5 Å². The molecule has 6 heteroatoms.